The molecular weight excluding hydrogens is 342 g/mol. The van der Waals surface area contributed by atoms with Crippen LogP contribution in [0.4, 0.5) is 0 Å². The van der Waals surface area contributed by atoms with Crippen LogP contribution in [0.2, 0.25) is 0 Å². The van der Waals surface area contributed by atoms with Crippen LogP contribution in [0.3, 0.4) is 0 Å². The number of ether oxygens (including phenoxy) is 2. The van der Waals surface area contributed by atoms with Crippen LogP contribution in [0.25, 0.3) is 16.7 Å². The summed E-state index contributed by atoms with van der Waals surface area (Å²) in [7, 11) is -0.288. The maximum absolute atomic E-state index is 11.1. The molecule has 8 heteroatoms. The predicted octanol–water partition coefficient (Wildman–Crippen LogP) is 1.87. The number of methoxy groups -OCH3 is 2. The second kappa shape index (κ2) is 6.73. The lowest BCUT2D eigenvalue weighted by Crippen LogP contribution is -2.17. The fourth-order valence-corrected chi connectivity index (χ4v) is 3.15. The van der Waals surface area contributed by atoms with Crippen LogP contribution < -0.4 is 14.6 Å². The number of hydrogen-bond acceptors (Lipinski definition) is 5. The standard InChI is InChI=1S/C17H19N3O4S/c1-23-16-9-14-15(10-17(16)24-2)20(11-19-14)13-5-3-12(4-6-13)7-8-25(18,21)22/h3-6,9-11H,7-8H2,1-2H3,(H2,18,21,22). The lowest BCUT2D eigenvalue weighted by atomic mass is 10.1. The minimum Gasteiger partial charge on any atom is -0.493 e. The summed E-state index contributed by atoms with van der Waals surface area (Å²) in [6.07, 6.45) is 2.11. The Morgan fingerprint density at radius 3 is 2.32 bits per heavy atom. The molecule has 25 heavy (non-hydrogen) atoms. The van der Waals surface area contributed by atoms with Gasteiger partial charge < -0.3 is 9.47 Å². The topological polar surface area (TPSA) is 96.4 Å². The maximum Gasteiger partial charge on any atom is 0.209 e. The van der Waals surface area contributed by atoms with E-state index in [2.05, 4.69) is 4.98 Å². The Bertz CT molecular complexity index is 995. The van der Waals surface area contributed by atoms with Crippen molar-refractivity contribution < 1.29 is 17.9 Å². The van der Waals surface area contributed by atoms with Gasteiger partial charge >= 0.3 is 0 Å². The van der Waals surface area contributed by atoms with Crippen molar-refractivity contribution in [3.05, 3.63) is 48.3 Å². The Labute approximate surface area is 146 Å². The number of nitrogens with two attached hydrogens (primary N) is 1. The number of imidazole rings is 1. The summed E-state index contributed by atoms with van der Waals surface area (Å²) in [5, 5.41) is 5.04. The van der Waals surface area contributed by atoms with Gasteiger partial charge in [0.05, 0.1) is 31.0 Å². The number of hydrogen-bond donors (Lipinski definition) is 1. The Hall–Kier alpha value is -2.58. The molecule has 0 fully saturated rings. The normalized spacial score (nSPS) is 11.6. The van der Waals surface area contributed by atoms with Gasteiger partial charge in [0.15, 0.2) is 11.5 Å². The minimum atomic E-state index is -3.46. The van der Waals surface area contributed by atoms with Crippen LogP contribution in [0.1, 0.15) is 5.56 Å². The third-order valence-corrected chi connectivity index (χ3v) is 4.72. The monoisotopic (exact) mass is 361 g/mol. The van der Waals surface area contributed by atoms with Crippen molar-refractivity contribution >= 4 is 21.1 Å². The van der Waals surface area contributed by atoms with Gasteiger partial charge in [-0.2, -0.15) is 0 Å². The Kier molecular flexibility index (Phi) is 4.65. The van der Waals surface area contributed by atoms with Crippen LogP contribution in [0.15, 0.2) is 42.7 Å². The zero-order chi connectivity index (χ0) is 18.0. The molecule has 0 spiro atoms. The van der Waals surface area contributed by atoms with E-state index in [9.17, 15) is 8.42 Å². The molecule has 0 bridgehead atoms. The number of fused-ring (bicyclic) bond motifs is 1. The van der Waals surface area contributed by atoms with E-state index in [1.165, 1.54) is 0 Å². The number of nitrogens with zero attached hydrogens (tertiary/aromatic N) is 2. The summed E-state index contributed by atoms with van der Waals surface area (Å²) in [6, 6.07) is 11.3. The summed E-state index contributed by atoms with van der Waals surface area (Å²) in [6.45, 7) is 0. The van der Waals surface area contributed by atoms with Gasteiger partial charge in [-0.1, -0.05) is 12.1 Å². The van der Waals surface area contributed by atoms with Gasteiger partial charge in [-0.25, -0.2) is 18.5 Å². The molecule has 1 heterocycles. The highest BCUT2D eigenvalue weighted by Crippen LogP contribution is 2.32. The Balaban J connectivity index is 1.94. The van der Waals surface area contributed by atoms with Gasteiger partial charge in [-0.05, 0) is 24.1 Å². The summed E-state index contributed by atoms with van der Waals surface area (Å²) in [5.41, 5.74) is 3.49. The zero-order valence-electron chi connectivity index (χ0n) is 14.0. The van der Waals surface area contributed by atoms with Crippen molar-refractivity contribution in [1.82, 2.24) is 9.55 Å². The molecule has 0 aliphatic carbocycles. The van der Waals surface area contributed by atoms with E-state index in [0.29, 0.717) is 17.9 Å². The van der Waals surface area contributed by atoms with Crippen molar-refractivity contribution in [2.75, 3.05) is 20.0 Å². The van der Waals surface area contributed by atoms with Crippen LogP contribution in [0, 0.1) is 0 Å². The van der Waals surface area contributed by atoms with Crippen molar-refractivity contribution in [3.63, 3.8) is 0 Å². The molecule has 0 atom stereocenters. The Morgan fingerprint density at radius 2 is 1.72 bits per heavy atom. The van der Waals surface area contributed by atoms with Crippen molar-refractivity contribution in [2.24, 2.45) is 5.14 Å². The van der Waals surface area contributed by atoms with Gasteiger partial charge in [-0.15, -0.1) is 0 Å². The van der Waals surface area contributed by atoms with E-state index in [1.807, 2.05) is 41.0 Å². The van der Waals surface area contributed by atoms with Gasteiger partial charge in [0.25, 0.3) is 0 Å². The van der Waals surface area contributed by atoms with Crippen LogP contribution >= 0.6 is 0 Å². The van der Waals surface area contributed by atoms with E-state index in [4.69, 9.17) is 14.6 Å². The van der Waals surface area contributed by atoms with Gasteiger partial charge in [-0.3, -0.25) is 4.57 Å². The molecule has 3 rings (SSSR count). The zero-order valence-corrected chi connectivity index (χ0v) is 14.8. The molecular formula is C17H19N3O4S. The number of benzene rings is 2. The van der Waals surface area contributed by atoms with Crippen LogP contribution in [0.5, 0.6) is 11.5 Å². The first-order chi connectivity index (χ1) is 11.9. The number of rotatable bonds is 6. The summed E-state index contributed by atoms with van der Waals surface area (Å²) in [5.74, 6) is 1.18. The first-order valence-corrected chi connectivity index (χ1v) is 9.31. The first kappa shape index (κ1) is 17.2. The number of sulfonamides is 1. The molecule has 0 radical (unpaired) electrons. The largest absolute Gasteiger partial charge is 0.493 e. The van der Waals surface area contributed by atoms with Gasteiger partial charge in [0.2, 0.25) is 10.0 Å². The molecule has 132 valence electrons. The molecule has 2 aromatic carbocycles. The minimum absolute atomic E-state index is 0.0721. The predicted molar refractivity (Wildman–Crippen MR) is 95.9 cm³/mol. The van der Waals surface area contributed by atoms with Crippen molar-refractivity contribution in [3.8, 4) is 17.2 Å². The molecule has 0 saturated heterocycles. The second-order valence-electron chi connectivity index (χ2n) is 5.59. The highest BCUT2D eigenvalue weighted by atomic mass is 32.2. The lowest BCUT2D eigenvalue weighted by Gasteiger charge is -2.09. The molecule has 0 amide bonds. The van der Waals surface area contributed by atoms with Crippen molar-refractivity contribution in [1.29, 1.82) is 0 Å². The summed E-state index contributed by atoms with van der Waals surface area (Å²) >= 11 is 0. The molecule has 2 N–H and O–H groups in total. The molecule has 0 aliphatic heterocycles. The summed E-state index contributed by atoms with van der Waals surface area (Å²) < 4.78 is 34.7. The highest BCUT2D eigenvalue weighted by molar-refractivity contribution is 7.89. The first-order valence-electron chi connectivity index (χ1n) is 7.60. The molecule has 0 aliphatic rings. The number of aromatic nitrogens is 2. The maximum atomic E-state index is 11.1. The third kappa shape index (κ3) is 3.75. The van der Waals surface area contributed by atoms with E-state index >= 15 is 0 Å². The fraction of sp³-hybridized carbons (Fsp3) is 0.235. The van der Waals surface area contributed by atoms with Crippen LogP contribution in [-0.2, 0) is 16.4 Å². The molecule has 3 aromatic rings. The van der Waals surface area contributed by atoms with Gasteiger partial charge in [0.1, 0.15) is 6.33 Å². The van der Waals surface area contributed by atoms with E-state index in [0.717, 1.165) is 22.3 Å². The van der Waals surface area contributed by atoms with Crippen LogP contribution in [-0.4, -0.2) is 37.9 Å². The third-order valence-electron chi connectivity index (χ3n) is 3.94. The van der Waals surface area contributed by atoms with E-state index < -0.39 is 10.0 Å². The van der Waals surface area contributed by atoms with Gasteiger partial charge in [0, 0.05) is 17.8 Å². The smallest absolute Gasteiger partial charge is 0.209 e. The quantitative estimate of drug-likeness (QED) is 0.723. The Morgan fingerprint density at radius 1 is 1.08 bits per heavy atom. The highest BCUT2D eigenvalue weighted by Gasteiger charge is 2.11. The second-order valence-corrected chi connectivity index (χ2v) is 7.33. The molecule has 0 unspecified atom stereocenters. The lowest BCUT2D eigenvalue weighted by molar-refractivity contribution is 0.355. The number of aryl methyl sites for hydroxylation is 1. The fourth-order valence-electron chi connectivity index (χ4n) is 2.63. The number of primary sulfonamides is 1. The van der Waals surface area contributed by atoms with E-state index in [1.54, 1.807) is 20.5 Å². The van der Waals surface area contributed by atoms with E-state index in [-0.39, 0.29) is 5.75 Å². The molecule has 7 nitrogen and oxygen atoms in total. The average Bonchev–Trinajstić information content (AvgIpc) is 3.01. The average molecular weight is 361 g/mol. The summed E-state index contributed by atoms with van der Waals surface area (Å²) in [4.78, 5) is 4.40. The molecule has 0 saturated carbocycles. The van der Waals surface area contributed by atoms with Crippen molar-refractivity contribution in [2.45, 2.75) is 6.42 Å². The SMILES string of the molecule is COc1cc2ncn(-c3ccc(CCS(N)(=O)=O)cc3)c2cc1OC. The molecule has 1 aromatic heterocycles.